The molecule has 0 heterocycles. The molecule has 1 saturated carbocycles. The predicted octanol–water partition coefficient (Wildman–Crippen LogP) is -0.173. The van der Waals surface area contributed by atoms with Crippen molar-refractivity contribution >= 4 is 10.0 Å². The molecule has 0 unspecified atom stereocenters. The molecule has 2 N–H and O–H groups in total. The molecule has 0 aromatic carbocycles. The Kier molecular flexibility index (Phi) is 1.28. The first-order chi connectivity index (χ1) is 3.61. The summed E-state index contributed by atoms with van der Waals surface area (Å²) in [7, 11) is -3.17. The SMILES string of the molecule is NS(=O)(=O)C1CCC1. The molecule has 1 fully saturated rings. The standard InChI is InChI=1S/C4H9NO2S/c5-8(6,7)4-2-1-3-4/h4H,1-3H2,(H2,5,6,7). The van der Waals surface area contributed by atoms with E-state index >= 15 is 0 Å². The van der Waals surface area contributed by atoms with Gasteiger partial charge in [-0.25, -0.2) is 13.6 Å². The van der Waals surface area contributed by atoms with Gasteiger partial charge in [0, 0.05) is 0 Å². The number of rotatable bonds is 1. The number of hydrogen-bond acceptors (Lipinski definition) is 2. The van der Waals surface area contributed by atoms with Crippen LogP contribution in [0.4, 0.5) is 0 Å². The number of primary sulfonamides is 1. The lowest BCUT2D eigenvalue weighted by molar-refractivity contribution is 0.477. The minimum Gasteiger partial charge on any atom is -0.228 e. The lowest BCUT2D eigenvalue weighted by Crippen LogP contribution is -2.33. The van der Waals surface area contributed by atoms with Crippen LogP contribution >= 0.6 is 0 Å². The first-order valence-corrected chi connectivity index (χ1v) is 4.23. The Bertz CT molecular complexity index is 168. The summed E-state index contributed by atoms with van der Waals surface area (Å²) in [5.41, 5.74) is 0. The summed E-state index contributed by atoms with van der Waals surface area (Å²) in [6.45, 7) is 0. The van der Waals surface area contributed by atoms with Gasteiger partial charge in [-0.3, -0.25) is 0 Å². The summed E-state index contributed by atoms with van der Waals surface area (Å²) < 4.78 is 20.8. The molecule has 48 valence electrons. The van der Waals surface area contributed by atoms with Crippen LogP contribution in [0.25, 0.3) is 0 Å². The van der Waals surface area contributed by atoms with E-state index in [9.17, 15) is 8.42 Å². The monoisotopic (exact) mass is 135 g/mol. The zero-order valence-corrected chi connectivity index (χ0v) is 5.32. The van der Waals surface area contributed by atoms with Gasteiger partial charge in [-0.05, 0) is 12.8 Å². The van der Waals surface area contributed by atoms with E-state index in [0.29, 0.717) is 0 Å². The van der Waals surface area contributed by atoms with Crippen LogP contribution in [-0.2, 0) is 10.0 Å². The van der Waals surface area contributed by atoms with Gasteiger partial charge in [-0.15, -0.1) is 0 Å². The van der Waals surface area contributed by atoms with Gasteiger partial charge < -0.3 is 0 Å². The van der Waals surface area contributed by atoms with Crippen LogP contribution in [0, 0.1) is 0 Å². The highest BCUT2D eigenvalue weighted by atomic mass is 32.2. The molecule has 8 heavy (non-hydrogen) atoms. The topological polar surface area (TPSA) is 60.2 Å². The maximum atomic E-state index is 10.4. The van der Waals surface area contributed by atoms with Crippen LogP contribution in [-0.4, -0.2) is 13.7 Å². The molecule has 4 heteroatoms. The third-order valence-electron chi connectivity index (χ3n) is 1.52. The van der Waals surface area contributed by atoms with Crippen molar-refractivity contribution in [2.24, 2.45) is 5.14 Å². The highest BCUT2D eigenvalue weighted by molar-refractivity contribution is 7.89. The van der Waals surface area contributed by atoms with Gasteiger partial charge in [0.25, 0.3) is 0 Å². The second-order valence-corrected chi connectivity index (χ2v) is 3.99. The molecule has 0 bridgehead atoms. The van der Waals surface area contributed by atoms with Crippen molar-refractivity contribution < 1.29 is 8.42 Å². The summed E-state index contributed by atoms with van der Waals surface area (Å²) in [5.74, 6) is 0. The molecule has 0 atom stereocenters. The predicted molar refractivity (Wildman–Crippen MR) is 30.7 cm³/mol. The second-order valence-electron chi connectivity index (χ2n) is 2.14. The molecule has 1 aliphatic carbocycles. The Labute approximate surface area is 48.9 Å². The van der Waals surface area contributed by atoms with Crippen molar-refractivity contribution in [1.29, 1.82) is 0 Å². The van der Waals surface area contributed by atoms with E-state index < -0.39 is 10.0 Å². The van der Waals surface area contributed by atoms with Crippen molar-refractivity contribution in [1.82, 2.24) is 0 Å². The Morgan fingerprint density at radius 1 is 1.38 bits per heavy atom. The van der Waals surface area contributed by atoms with Crippen LogP contribution < -0.4 is 5.14 Å². The Morgan fingerprint density at radius 3 is 1.88 bits per heavy atom. The van der Waals surface area contributed by atoms with E-state index in [1.54, 1.807) is 0 Å². The highest BCUT2D eigenvalue weighted by Crippen LogP contribution is 2.23. The van der Waals surface area contributed by atoms with Crippen LogP contribution in [0.3, 0.4) is 0 Å². The summed E-state index contributed by atoms with van der Waals surface area (Å²) >= 11 is 0. The first-order valence-electron chi connectivity index (χ1n) is 2.62. The minimum atomic E-state index is -3.17. The largest absolute Gasteiger partial charge is 0.228 e. The average Bonchev–Trinajstić information content (AvgIpc) is 1.16. The summed E-state index contributed by atoms with van der Waals surface area (Å²) in [5, 5.41) is 4.59. The fourth-order valence-corrected chi connectivity index (χ4v) is 1.69. The lowest BCUT2D eigenvalue weighted by Gasteiger charge is -2.21. The van der Waals surface area contributed by atoms with E-state index in [1.165, 1.54) is 0 Å². The Hall–Kier alpha value is -0.0900. The molecule has 0 spiro atoms. The van der Waals surface area contributed by atoms with Gasteiger partial charge in [0.15, 0.2) is 0 Å². The van der Waals surface area contributed by atoms with E-state index in [2.05, 4.69) is 0 Å². The van der Waals surface area contributed by atoms with E-state index in [0.717, 1.165) is 19.3 Å². The highest BCUT2D eigenvalue weighted by Gasteiger charge is 2.27. The minimum absolute atomic E-state index is 0.220. The van der Waals surface area contributed by atoms with Crippen LogP contribution in [0.15, 0.2) is 0 Å². The molecule has 0 aliphatic heterocycles. The van der Waals surface area contributed by atoms with Crippen molar-refractivity contribution in [3.8, 4) is 0 Å². The first kappa shape index (κ1) is 6.04. The zero-order valence-electron chi connectivity index (χ0n) is 4.50. The molecule has 3 nitrogen and oxygen atoms in total. The molecule has 1 aliphatic rings. The number of sulfonamides is 1. The third-order valence-corrected chi connectivity index (χ3v) is 2.92. The fraction of sp³-hybridized carbons (Fsp3) is 1.00. The maximum absolute atomic E-state index is 10.4. The molecule has 0 saturated heterocycles. The van der Waals surface area contributed by atoms with E-state index in [4.69, 9.17) is 5.14 Å². The molecular formula is C4H9NO2S. The van der Waals surface area contributed by atoms with Gasteiger partial charge in [0.05, 0.1) is 5.25 Å². The molecule has 0 aromatic heterocycles. The zero-order chi connectivity index (χ0) is 6.20. The van der Waals surface area contributed by atoms with Gasteiger partial charge in [0.2, 0.25) is 10.0 Å². The van der Waals surface area contributed by atoms with E-state index in [-0.39, 0.29) is 5.25 Å². The summed E-state index contributed by atoms with van der Waals surface area (Å²) in [6, 6.07) is 0. The van der Waals surface area contributed by atoms with Crippen molar-refractivity contribution in [3.63, 3.8) is 0 Å². The van der Waals surface area contributed by atoms with Gasteiger partial charge in [0.1, 0.15) is 0 Å². The van der Waals surface area contributed by atoms with Gasteiger partial charge in [-0.1, -0.05) is 6.42 Å². The summed E-state index contributed by atoms with van der Waals surface area (Å²) in [6.07, 6.45) is 2.54. The summed E-state index contributed by atoms with van der Waals surface area (Å²) in [4.78, 5) is 0. The molecule has 0 amide bonds. The fourth-order valence-electron chi connectivity index (χ4n) is 0.699. The number of nitrogens with two attached hydrogens (primary N) is 1. The van der Waals surface area contributed by atoms with Crippen molar-refractivity contribution in [3.05, 3.63) is 0 Å². The smallest absolute Gasteiger partial charge is 0.211 e. The van der Waals surface area contributed by atoms with Crippen molar-refractivity contribution in [2.75, 3.05) is 0 Å². The van der Waals surface area contributed by atoms with Gasteiger partial charge >= 0.3 is 0 Å². The second kappa shape index (κ2) is 1.70. The maximum Gasteiger partial charge on any atom is 0.211 e. The quantitative estimate of drug-likeness (QED) is 0.542. The van der Waals surface area contributed by atoms with Crippen LogP contribution in [0.5, 0.6) is 0 Å². The molecule has 1 rings (SSSR count). The lowest BCUT2D eigenvalue weighted by atomic mass is 10.0. The Morgan fingerprint density at radius 2 is 1.88 bits per heavy atom. The third kappa shape index (κ3) is 1.00. The number of hydrogen-bond donors (Lipinski definition) is 1. The molecule has 0 radical (unpaired) electrons. The normalized spacial score (nSPS) is 22.6. The average molecular weight is 135 g/mol. The Balaban J connectivity index is 2.60. The molecular weight excluding hydrogens is 126 g/mol. The van der Waals surface area contributed by atoms with Crippen LogP contribution in [0.1, 0.15) is 19.3 Å². The van der Waals surface area contributed by atoms with Crippen molar-refractivity contribution in [2.45, 2.75) is 24.5 Å². The van der Waals surface area contributed by atoms with E-state index in [1.807, 2.05) is 0 Å². The molecule has 0 aromatic rings. The van der Waals surface area contributed by atoms with Crippen LogP contribution in [0.2, 0.25) is 0 Å². The van der Waals surface area contributed by atoms with Gasteiger partial charge in [-0.2, -0.15) is 0 Å².